The molecule has 3 rings (SSSR count). The van der Waals surface area contributed by atoms with Gasteiger partial charge in [-0.3, -0.25) is 9.78 Å². The number of carbonyl (C=O) groups excluding carboxylic acids is 1. The molecule has 7 heteroatoms. The number of benzene rings is 1. The van der Waals surface area contributed by atoms with Crippen LogP contribution in [-0.2, 0) is 16.4 Å². The Labute approximate surface area is 160 Å². The predicted molar refractivity (Wildman–Crippen MR) is 104 cm³/mol. The molecule has 2 heterocycles. The van der Waals surface area contributed by atoms with Gasteiger partial charge in [0.1, 0.15) is 0 Å². The van der Waals surface area contributed by atoms with Gasteiger partial charge < -0.3 is 4.90 Å². The minimum Gasteiger partial charge on any atom is -0.339 e. The van der Waals surface area contributed by atoms with E-state index in [0.717, 1.165) is 24.8 Å². The SMILES string of the molecule is CCc1ccc(S(=O)(=O)NCC2CCN(C(=O)c3ccncc3)CC2)cc1. The van der Waals surface area contributed by atoms with Gasteiger partial charge in [0, 0.05) is 37.6 Å². The topological polar surface area (TPSA) is 79.4 Å². The zero-order valence-electron chi connectivity index (χ0n) is 15.5. The number of nitrogens with zero attached hydrogens (tertiary/aromatic N) is 2. The molecule has 0 saturated carbocycles. The number of hydrogen-bond acceptors (Lipinski definition) is 4. The Morgan fingerprint density at radius 2 is 1.74 bits per heavy atom. The van der Waals surface area contributed by atoms with Crippen LogP contribution in [0.1, 0.15) is 35.7 Å². The number of carbonyl (C=O) groups is 1. The summed E-state index contributed by atoms with van der Waals surface area (Å²) in [7, 11) is -3.49. The van der Waals surface area contributed by atoms with Crippen molar-refractivity contribution in [1.29, 1.82) is 0 Å². The highest BCUT2D eigenvalue weighted by atomic mass is 32.2. The van der Waals surface area contributed by atoms with Gasteiger partial charge in [-0.15, -0.1) is 0 Å². The minimum absolute atomic E-state index is 0.00689. The zero-order chi connectivity index (χ0) is 19.3. The molecule has 27 heavy (non-hydrogen) atoms. The molecule has 1 aromatic carbocycles. The molecule has 0 atom stereocenters. The molecule has 1 N–H and O–H groups in total. The number of sulfonamides is 1. The third-order valence-corrected chi connectivity index (χ3v) is 6.47. The van der Waals surface area contributed by atoms with Crippen LogP contribution in [0.2, 0.25) is 0 Å². The Morgan fingerprint density at radius 3 is 2.33 bits per heavy atom. The molecule has 6 nitrogen and oxygen atoms in total. The van der Waals surface area contributed by atoms with E-state index >= 15 is 0 Å². The Bertz CT molecular complexity index is 859. The van der Waals surface area contributed by atoms with Gasteiger partial charge in [0.25, 0.3) is 5.91 Å². The first-order chi connectivity index (χ1) is 13.0. The third kappa shape index (κ3) is 4.93. The van der Waals surface area contributed by atoms with Gasteiger partial charge in [0.15, 0.2) is 0 Å². The summed E-state index contributed by atoms with van der Waals surface area (Å²) in [6, 6.07) is 10.4. The maximum Gasteiger partial charge on any atom is 0.253 e. The van der Waals surface area contributed by atoms with Crippen LogP contribution in [0.15, 0.2) is 53.7 Å². The molecule has 0 unspecified atom stereocenters. The Morgan fingerprint density at radius 1 is 1.11 bits per heavy atom. The second kappa shape index (κ2) is 8.63. The fourth-order valence-electron chi connectivity index (χ4n) is 3.23. The summed E-state index contributed by atoms with van der Waals surface area (Å²) in [4.78, 5) is 18.5. The van der Waals surface area contributed by atoms with E-state index in [2.05, 4.69) is 9.71 Å². The van der Waals surface area contributed by atoms with E-state index in [0.29, 0.717) is 30.1 Å². The van der Waals surface area contributed by atoms with Crippen molar-refractivity contribution in [2.45, 2.75) is 31.1 Å². The average molecular weight is 388 g/mol. The number of nitrogens with one attached hydrogen (secondary N) is 1. The maximum atomic E-state index is 12.5. The van der Waals surface area contributed by atoms with Crippen molar-refractivity contribution in [2.75, 3.05) is 19.6 Å². The highest BCUT2D eigenvalue weighted by Gasteiger charge is 2.25. The lowest BCUT2D eigenvalue weighted by Gasteiger charge is -2.32. The molecule has 144 valence electrons. The summed E-state index contributed by atoms with van der Waals surface area (Å²) in [5.41, 5.74) is 1.75. The Hall–Kier alpha value is -2.25. The van der Waals surface area contributed by atoms with Crippen LogP contribution in [0.4, 0.5) is 0 Å². The van der Waals surface area contributed by atoms with Crippen molar-refractivity contribution in [2.24, 2.45) is 5.92 Å². The first-order valence-electron chi connectivity index (χ1n) is 9.27. The normalized spacial score (nSPS) is 15.7. The first kappa shape index (κ1) is 19.5. The number of aryl methyl sites for hydroxylation is 1. The molecule has 2 aromatic rings. The maximum absolute atomic E-state index is 12.5. The lowest BCUT2D eigenvalue weighted by molar-refractivity contribution is 0.0692. The van der Waals surface area contributed by atoms with Crippen LogP contribution >= 0.6 is 0 Å². The highest BCUT2D eigenvalue weighted by Crippen LogP contribution is 2.19. The summed E-state index contributed by atoms with van der Waals surface area (Å²) in [5, 5.41) is 0. The van der Waals surface area contributed by atoms with E-state index in [1.807, 2.05) is 24.0 Å². The van der Waals surface area contributed by atoms with Crippen molar-refractivity contribution in [1.82, 2.24) is 14.6 Å². The fourth-order valence-corrected chi connectivity index (χ4v) is 4.35. The molecular weight excluding hydrogens is 362 g/mol. The van der Waals surface area contributed by atoms with Crippen molar-refractivity contribution < 1.29 is 13.2 Å². The van der Waals surface area contributed by atoms with Gasteiger partial charge in [-0.2, -0.15) is 0 Å². The number of rotatable bonds is 6. The van der Waals surface area contributed by atoms with Gasteiger partial charge in [-0.25, -0.2) is 13.1 Å². The monoisotopic (exact) mass is 387 g/mol. The number of likely N-dealkylation sites (tertiary alicyclic amines) is 1. The number of piperidine rings is 1. The van der Waals surface area contributed by atoms with Crippen LogP contribution in [0, 0.1) is 5.92 Å². The van der Waals surface area contributed by atoms with Gasteiger partial charge >= 0.3 is 0 Å². The second-order valence-corrected chi connectivity index (χ2v) is 8.59. The molecular formula is C20H25N3O3S. The summed E-state index contributed by atoms with van der Waals surface area (Å²) >= 11 is 0. The summed E-state index contributed by atoms with van der Waals surface area (Å²) < 4.78 is 27.6. The van der Waals surface area contributed by atoms with Gasteiger partial charge in [-0.05, 0) is 55.0 Å². The van der Waals surface area contributed by atoms with E-state index in [1.54, 1.807) is 36.7 Å². The molecule has 0 bridgehead atoms. The lowest BCUT2D eigenvalue weighted by Crippen LogP contribution is -2.41. The van der Waals surface area contributed by atoms with Crippen molar-refractivity contribution in [3.63, 3.8) is 0 Å². The van der Waals surface area contributed by atoms with E-state index in [9.17, 15) is 13.2 Å². The number of aromatic nitrogens is 1. The van der Waals surface area contributed by atoms with E-state index in [4.69, 9.17) is 0 Å². The second-order valence-electron chi connectivity index (χ2n) is 6.82. The molecule has 1 aliphatic rings. The molecule has 0 radical (unpaired) electrons. The van der Waals surface area contributed by atoms with Crippen LogP contribution in [0.5, 0.6) is 0 Å². The Balaban J connectivity index is 1.51. The van der Waals surface area contributed by atoms with Gasteiger partial charge in [0.05, 0.1) is 4.90 Å². The molecule has 1 aliphatic heterocycles. The fraction of sp³-hybridized carbons (Fsp3) is 0.400. The van der Waals surface area contributed by atoms with Crippen molar-refractivity contribution in [3.8, 4) is 0 Å². The summed E-state index contributed by atoms with van der Waals surface area (Å²) in [6.07, 6.45) is 5.68. The summed E-state index contributed by atoms with van der Waals surface area (Å²) in [5.74, 6) is 0.239. The molecule has 1 aromatic heterocycles. The van der Waals surface area contributed by atoms with Crippen molar-refractivity contribution >= 4 is 15.9 Å². The zero-order valence-corrected chi connectivity index (χ0v) is 16.3. The van der Waals surface area contributed by atoms with Crippen LogP contribution in [-0.4, -0.2) is 43.8 Å². The van der Waals surface area contributed by atoms with Gasteiger partial charge in [-0.1, -0.05) is 19.1 Å². The summed E-state index contributed by atoms with van der Waals surface area (Å²) in [6.45, 7) is 3.71. The number of pyridine rings is 1. The van der Waals surface area contributed by atoms with Crippen LogP contribution in [0.25, 0.3) is 0 Å². The van der Waals surface area contributed by atoms with Gasteiger partial charge in [0.2, 0.25) is 10.0 Å². The first-order valence-corrected chi connectivity index (χ1v) is 10.8. The molecule has 0 aliphatic carbocycles. The van der Waals surface area contributed by atoms with Crippen LogP contribution < -0.4 is 4.72 Å². The van der Waals surface area contributed by atoms with E-state index in [-0.39, 0.29) is 11.8 Å². The number of hydrogen-bond donors (Lipinski definition) is 1. The third-order valence-electron chi connectivity index (χ3n) is 5.03. The van der Waals surface area contributed by atoms with Crippen LogP contribution in [0.3, 0.4) is 0 Å². The molecule has 1 amide bonds. The Kier molecular flexibility index (Phi) is 6.23. The molecule has 1 fully saturated rings. The number of amides is 1. The molecule has 1 saturated heterocycles. The largest absolute Gasteiger partial charge is 0.339 e. The lowest BCUT2D eigenvalue weighted by atomic mass is 9.97. The van der Waals surface area contributed by atoms with E-state index < -0.39 is 10.0 Å². The minimum atomic E-state index is -3.49. The highest BCUT2D eigenvalue weighted by molar-refractivity contribution is 7.89. The standard InChI is InChI=1S/C20H25N3O3S/c1-2-16-3-5-19(6-4-16)27(25,26)22-15-17-9-13-23(14-10-17)20(24)18-7-11-21-12-8-18/h3-8,11-12,17,22H,2,9-10,13-15H2,1H3. The quantitative estimate of drug-likeness (QED) is 0.826. The smallest absolute Gasteiger partial charge is 0.253 e. The van der Waals surface area contributed by atoms with E-state index in [1.165, 1.54) is 0 Å². The average Bonchev–Trinajstić information content (AvgIpc) is 2.73. The molecule has 0 spiro atoms. The van der Waals surface area contributed by atoms with Crippen molar-refractivity contribution in [3.05, 3.63) is 59.9 Å². The predicted octanol–water partition coefficient (Wildman–Crippen LogP) is 2.47.